The molecule has 3 N–H and O–H groups in total. The van der Waals surface area contributed by atoms with Crippen LogP contribution in [0.15, 0.2) is 12.1 Å². The largest absolute Gasteiger partial charge is 0.350 e. The minimum Gasteiger partial charge on any atom is -0.350 e. The number of rotatable bonds is 4. The molecule has 1 rings (SSSR count). The Balaban J connectivity index is 2.62. The summed E-state index contributed by atoms with van der Waals surface area (Å²) in [6, 6.07) is 3.64. The zero-order valence-corrected chi connectivity index (χ0v) is 12.7. The Morgan fingerprint density at radius 3 is 2.74 bits per heavy atom. The number of carbonyl (C=O) groups excluding carboxylic acids is 1. The number of nitrogens with zero attached hydrogens (tertiary/aromatic N) is 1. The molecular formula is C14H21N3OS. The van der Waals surface area contributed by atoms with Crippen LogP contribution in [0.1, 0.15) is 28.4 Å². The van der Waals surface area contributed by atoms with E-state index in [1.54, 1.807) is 6.07 Å². The van der Waals surface area contributed by atoms with Crippen molar-refractivity contribution < 1.29 is 4.79 Å². The van der Waals surface area contributed by atoms with Gasteiger partial charge in [-0.05, 0) is 40.1 Å². The first-order chi connectivity index (χ1) is 8.86. The van der Waals surface area contributed by atoms with Crippen LogP contribution in [0, 0.1) is 11.8 Å². The molecule has 0 unspecified atom stereocenters. The van der Waals surface area contributed by atoms with Crippen LogP contribution in [0.4, 0.5) is 0 Å². The number of nitrogens with one attached hydrogen (secondary N) is 1. The van der Waals surface area contributed by atoms with E-state index >= 15 is 0 Å². The molecule has 1 aromatic heterocycles. The van der Waals surface area contributed by atoms with Gasteiger partial charge in [0.25, 0.3) is 5.91 Å². The Bertz CT molecular complexity index is 494. The number of amides is 1. The molecule has 0 spiro atoms. The fourth-order valence-corrected chi connectivity index (χ4v) is 2.00. The zero-order chi connectivity index (χ0) is 14.5. The molecule has 19 heavy (non-hydrogen) atoms. The number of thiophene rings is 1. The second-order valence-corrected chi connectivity index (χ2v) is 6.14. The van der Waals surface area contributed by atoms with Crippen molar-refractivity contribution in [2.45, 2.75) is 19.4 Å². The third-order valence-corrected chi connectivity index (χ3v) is 4.04. The van der Waals surface area contributed by atoms with Crippen molar-refractivity contribution in [2.24, 2.45) is 5.73 Å². The maximum absolute atomic E-state index is 12.0. The highest BCUT2D eigenvalue weighted by Crippen LogP contribution is 2.16. The summed E-state index contributed by atoms with van der Waals surface area (Å²) >= 11 is 1.39. The van der Waals surface area contributed by atoms with Crippen molar-refractivity contribution in [3.05, 3.63) is 21.9 Å². The average Bonchev–Trinajstić information content (AvgIpc) is 2.82. The standard InChI is InChI=1S/C14H21N3OS/c1-14(2,17(3)4)10-16-13(18)12-8-7-11(19-12)6-5-9-15/h7-8H,9-10,15H2,1-4H3,(H,16,18). The molecule has 0 saturated carbocycles. The predicted octanol–water partition coefficient (Wildman–Crippen LogP) is 1.13. The highest BCUT2D eigenvalue weighted by atomic mass is 32.1. The number of hydrogen-bond acceptors (Lipinski definition) is 4. The third kappa shape index (κ3) is 4.67. The molecular weight excluding hydrogens is 258 g/mol. The number of carbonyl (C=O) groups is 1. The van der Waals surface area contributed by atoms with Crippen molar-refractivity contribution in [3.8, 4) is 11.8 Å². The summed E-state index contributed by atoms with van der Waals surface area (Å²) in [5.41, 5.74) is 5.24. The van der Waals surface area contributed by atoms with E-state index in [4.69, 9.17) is 5.73 Å². The van der Waals surface area contributed by atoms with Crippen molar-refractivity contribution in [3.63, 3.8) is 0 Å². The topological polar surface area (TPSA) is 58.4 Å². The van der Waals surface area contributed by atoms with Gasteiger partial charge in [0.15, 0.2) is 0 Å². The minimum atomic E-state index is -0.0743. The molecule has 1 amide bonds. The Labute approximate surface area is 119 Å². The quantitative estimate of drug-likeness (QED) is 0.812. The third-order valence-electron chi connectivity index (χ3n) is 3.04. The fourth-order valence-electron chi connectivity index (χ4n) is 1.21. The van der Waals surface area contributed by atoms with Crippen LogP contribution >= 0.6 is 11.3 Å². The second-order valence-electron chi connectivity index (χ2n) is 5.06. The van der Waals surface area contributed by atoms with Crippen LogP contribution in [0.3, 0.4) is 0 Å². The first-order valence-corrected chi connectivity index (χ1v) is 6.93. The monoisotopic (exact) mass is 279 g/mol. The highest BCUT2D eigenvalue weighted by Gasteiger charge is 2.21. The Kier molecular flexibility index (Phi) is 5.55. The number of hydrogen-bond donors (Lipinski definition) is 2. The molecule has 0 saturated heterocycles. The molecule has 104 valence electrons. The Morgan fingerprint density at radius 2 is 2.16 bits per heavy atom. The average molecular weight is 279 g/mol. The van der Waals surface area contributed by atoms with Crippen molar-refractivity contribution in [1.82, 2.24) is 10.2 Å². The van der Waals surface area contributed by atoms with Gasteiger partial charge < -0.3 is 16.0 Å². The van der Waals surface area contributed by atoms with Crippen LogP contribution < -0.4 is 11.1 Å². The van der Waals surface area contributed by atoms with E-state index in [9.17, 15) is 4.79 Å². The first kappa shape index (κ1) is 15.7. The maximum atomic E-state index is 12.0. The molecule has 0 aliphatic heterocycles. The summed E-state index contributed by atoms with van der Waals surface area (Å²) in [5.74, 6) is 5.65. The van der Waals surface area contributed by atoms with Gasteiger partial charge in [-0.3, -0.25) is 4.79 Å². The van der Waals surface area contributed by atoms with E-state index in [0.717, 1.165) is 4.88 Å². The second kappa shape index (κ2) is 6.71. The van der Waals surface area contributed by atoms with Gasteiger partial charge in [-0.15, -0.1) is 11.3 Å². The molecule has 0 aromatic carbocycles. The zero-order valence-electron chi connectivity index (χ0n) is 11.9. The molecule has 1 aromatic rings. The molecule has 0 aliphatic rings. The van der Waals surface area contributed by atoms with Gasteiger partial charge in [-0.2, -0.15) is 0 Å². The molecule has 5 heteroatoms. The van der Waals surface area contributed by atoms with Crippen molar-refractivity contribution >= 4 is 17.2 Å². The van der Waals surface area contributed by atoms with Gasteiger partial charge in [0, 0.05) is 12.1 Å². The smallest absolute Gasteiger partial charge is 0.261 e. The lowest BCUT2D eigenvalue weighted by Crippen LogP contribution is -2.48. The summed E-state index contributed by atoms with van der Waals surface area (Å²) in [7, 11) is 4.00. The summed E-state index contributed by atoms with van der Waals surface area (Å²) < 4.78 is 0. The lowest BCUT2D eigenvalue weighted by Gasteiger charge is -2.32. The predicted molar refractivity (Wildman–Crippen MR) is 80.4 cm³/mol. The molecule has 1 heterocycles. The first-order valence-electron chi connectivity index (χ1n) is 6.11. The fraction of sp³-hybridized carbons (Fsp3) is 0.500. The van der Waals surface area contributed by atoms with Crippen LogP contribution in [0.25, 0.3) is 0 Å². The van der Waals surface area contributed by atoms with Crippen molar-refractivity contribution in [1.29, 1.82) is 0 Å². The number of likely N-dealkylation sites (N-methyl/N-ethyl adjacent to an activating group) is 1. The molecule has 0 radical (unpaired) electrons. The lowest BCUT2D eigenvalue weighted by molar-refractivity contribution is 0.0924. The van der Waals surface area contributed by atoms with E-state index < -0.39 is 0 Å². The Morgan fingerprint density at radius 1 is 1.47 bits per heavy atom. The van der Waals surface area contributed by atoms with Crippen LogP contribution in [0.2, 0.25) is 0 Å². The van der Waals surface area contributed by atoms with Crippen molar-refractivity contribution in [2.75, 3.05) is 27.2 Å². The summed E-state index contributed by atoms with van der Waals surface area (Å²) in [4.78, 5) is 15.6. The van der Waals surface area contributed by atoms with Crippen LogP contribution in [-0.4, -0.2) is 43.5 Å². The van der Waals surface area contributed by atoms with E-state index in [1.807, 2.05) is 20.2 Å². The maximum Gasteiger partial charge on any atom is 0.261 e. The molecule has 0 aliphatic carbocycles. The highest BCUT2D eigenvalue weighted by molar-refractivity contribution is 7.14. The lowest BCUT2D eigenvalue weighted by atomic mass is 10.0. The summed E-state index contributed by atoms with van der Waals surface area (Å²) in [5, 5.41) is 2.95. The summed E-state index contributed by atoms with van der Waals surface area (Å²) in [6.07, 6.45) is 0. The number of nitrogens with two attached hydrogens (primary N) is 1. The molecule has 0 fully saturated rings. The van der Waals surface area contributed by atoms with E-state index in [-0.39, 0.29) is 11.4 Å². The summed E-state index contributed by atoms with van der Waals surface area (Å²) in [6.45, 7) is 5.09. The molecule has 4 nitrogen and oxygen atoms in total. The van der Waals surface area contributed by atoms with E-state index in [0.29, 0.717) is 18.0 Å². The van der Waals surface area contributed by atoms with Crippen LogP contribution in [0.5, 0.6) is 0 Å². The Hall–Kier alpha value is -1.35. The molecule has 0 atom stereocenters. The van der Waals surface area contributed by atoms with E-state index in [1.165, 1.54) is 11.3 Å². The molecule has 0 bridgehead atoms. The van der Waals surface area contributed by atoms with Gasteiger partial charge in [0.05, 0.1) is 16.3 Å². The van der Waals surface area contributed by atoms with Gasteiger partial charge in [0.2, 0.25) is 0 Å². The minimum absolute atomic E-state index is 0.0549. The normalized spacial score (nSPS) is 11.1. The van der Waals surface area contributed by atoms with Crippen LogP contribution in [-0.2, 0) is 0 Å². The van der Waals surface area contributed by atoms with Gasteiger partial charge in [0.1, 0.15) is 0 Å². The van der Waals surface area contributed by atoms with E-state index in [2.05, 4.69) is 35.9 Å². The SMILES string of the molecule is CN(C)C(C)(C)CNC(=O)c1ccc(C#CCN)s1. The van der Waals surface area contributed by atoms with Gasteiger partial charge in [-0.25, -0.2) is 0 Å². The van der Waals surface area contributed by atoms with Gasteiger partial charge in [-0.1, -0.05) is 11.8 Å². The van der Waals surface area contributed by atoms with Gasteiger partial charge >= 0.3 is 0 Å².